The van der Waals surface area contributed by atoms with Crippen LogP contribution in [0.4, 0.5) is 5.69 Å². The molecule has 0 atom stereocenters. The van der Waals surface area contributed by atoms with E-state index in [-0.39, 0.29) is 5.56 Å². The molecule has 6 heteroatoms. The Morgan fingerprint density at radius 1 is 1.30 bits per heavy atom. The van der Waals surface area contributed by atoms with Crippen molar-refractivity contribution in [2.45, 2.75) is 23.5 Å². The molecule has 1 aromatic carbocycles. The Bertz CT molecular complexity index is 895. The van der Waals surface area contributed by atoms with E-state index in [2.05, 4.69) is 4.90 Å². The maximum Gasteiger partial charge on any atom is 0.356 e. The summed E-state index contributed by atoms with van der Waals surface area (Å²) in [5, 5.41) is 10.0. The second kappa shape index (κ2) is 5.63. The number of fused-ring (bicyclic) bond motifs is 3. The third-order valence-electron chi connectivity index (χ3n) is 4.29. The lowest BCUT2D eigenvalue weighted by Crippen LogP contribution is -2.25. The summed E-state index contributed by atoms with van der Waals surface area (Å²) < 4.78 is 5.53. The number of rotatable bonds is 1. The minimum atomic E-state index is -0.564. The van der Waals surface area contributed by atoms with E-state index < -0.39 is 5.63 Å². The Hall–Kier alpha value is -1.90. The van der Waals surface area contributed by atoms with E-state index in [1.54, 1.807) is 11.8 Å². The van der Waals surface area contributed by atoms with Crippen LogP contribution in [0.5, 0.6) is 0 Å². The van der Waals surface area contributed by atoms with Gasteiger partial charge < -0.3 is 9.32 Å². The van der Waals surface area contributed by atoms with Crippen molar-refractivity contribution >= 4 is 29.1 Å². The quantitative estimate of drug-likeness (QED) is 0.781. The maximum absolute atomic E-state index is 12.3. The zero-order chi connectivity index (χ0) is 16.0. The number of hydrogen-bond acceptors (Lipinski definition) is 5. The predicted octanol–water partition coefficient (Wildman–Crippen LogP) is 4.04. The summed E-state index contributed by atoms with van der Waals surface area (Å²) in [7, 11) is 0. The van der Waals surface area contributed by atoms with Gasteiger partial charge in [0.2, 0.25) is 0 Å². The fraction of sp³-hybridized carbons (Fsp3) is 0.294. The summed E-state index contributed by atoms with van der Waals surface area (Å²) in [5.41, 5.74) is 2.09. The fourth-order valence-electron chi connectivity index (χ4n) is 3.26. The standard InChI is InChI=1S/C17H13ClN2O2S/c18-10-3-4-14-11(7-10)16-13(9-23-14)15(20-5-1-2-6-20)12(8-19)17(21)22-16/h3-4,7H,1-2,5-6,9H2. The number of halogens is 1. The van der Waals surface area contributed by atoms with Crippen molar-refractivity contribution in [1.82, 2.24) is 0 Å². The topological polar surface area (TPSA) is 57.2 Å². The zero-order valence-corrected chi connectivity index (χ0v) is 13.8. The van der Waals surface area contributed by atoms with E-state index in [0.29, 0.717) is 16.5 Å². The molecule has 23 heavy (non-hydrogen) atoms. The van der Waals surface area contributed by atoms with Crippen molar-refractivity contribution in [3.05, 3.63) is 44.8 Å². The highest BCUT2D eigenvalue weighted by Gasteiger charge is 2.30. The van der Waals surface area contributed by atoms with Gasteiger partial charge in [-0.3, -0.25) is 0 Å². The van der Waals surface area contributed by atoms with E-state index in [4.69, 9.17) is 16.0 Å². The Kier molecular flexibility index (Phi) is 3.59. The van der Waals surface area contributed by atoms with E-state index in [1.807, 2.05) is 24.3 Å². The first kappa shape index (κ1) is 14.7. The second-order valence-corrected chi connectivity index (χ2v) is 7.11. The third kappa shape index (κ3) is 2.34. The normalized spacial score (nSPS) is 15.9. The van der Waals surface area contributed by atoms with Gasteiger partial charge in [0.25, 0.3) is 0 Å². The number of nitriles is 1. The van der Waals surface area contributed by atoms with Crippen LogP contribution in [-0.2, 0) is 5.75 Å². The lowest BCUT2D eigenvalue weighted by atomic mass is 10.0. The van der Waals surface area contributed by atoms with Gasteiger partial charge in [0.15, 0.2) is 5.56 Å². The van der Waals surface area contributed by atoms with Gasteiger partial charge in [-0.1, -0.05) is 11.6 Å². The van der Waals surface area contributed by atoms with Crippen LogP contribution < -0.4 is 10.5 Å². The maximum atomic E-state index is 12.3. The molecule has 2 aliphatic rings. The molecule has 0 radical (unpaired) electrons. The average Bonchev–Trinajstić information content (AvgIpc) is 3.07. The van der Waals surface area contributed by atoms with Gasteiger partial charge in [-0.25, -0.2) is 4.79 Å². The van der Waals surface area contributed by atoms with Gasteiger partial charge in [-0.2, -0.15) is 5.26 Å². The second-order valence-electron chi connectivity index (χ2n) is 5.66. The van der Waals surface area contributed by atoms with Crippen molar-refractivity contribution in [2.24, 2.45) is 0 Å². The van der Waals surface area contributed by atoms with Gasteiger partial charge in [-0.15, -0.1) is 11.8 Å². The summed E-state index contributed by atoms with van der Waals surface area (Å²) in [6.07, 6.45) is 2.16. The lowest BCUT2D eigenvalue weighted by Gasteiger charge is -2.26. The van der Waals surface area contributed by atoms with Crippen molar-refractivity contribution in [3.63, 3.8) is 0 Å². The van der Waals surface area contributed by atoms with Crippen molar-refractivity contribution in [3.8, 4) is 17.4 Å². The summed E-state index contributed by atoms with van der Waals surface area (Å²) in [6, 6.07) is 7.65. The zero-order valence-electron chi connectivity index (χ0n) is 12.3. The van der Waals surface area contributed by atoms with Crippen LogP contribution >= 0.6 is 23.4 Å². The van der Waals surface area contributed by atoms with Gasteiger partial charge >= 0.3 is 5.63 Å². The highest BCUT2D eigenvalue weighted by atomic mass is 35.5. The fourth-order valence-corrected chi connectivity index (χ4v) is 4.47. The molecule has 0 saturated carbocycles. The van der Waals surface area contributed by atoms with Gasteiger partial charge in [0.1, 0.15) is 11.8 Å². The number of hydrogen-bond donors (Lipinski definition) is 0. The molecule has 3 heterocycles. The van der Waals surface area contributed by atoms with E-state index in [1.165, 1.54) is 0 Å². The summed E-state index contributed by atoms with van der Waals surface area (Å²) in [6.45, 7) is 1.75. The SMILES string of the molecule is N#Cc1c(N2CCCC2)c2c(oc1=O)-c1cc(Cl)ccc1SC2. The largest absolute Gasteiger partial charge is 0.421 e. The molecule has 2 aliphatic heterocycles. The molecule has 1 saturated heterocycles. The molecule has 0 amide bonds. The average molecular weight is 345 g/mol. The van der Waals surface area contributed by atoms with Crippen LogP contribution in [0.15, 0.2) is 32.3 Å². The minimum Gasteiger partial charge on any atom is -0.421 e. The van der Waals surface area contributed by atoms with E-state index in [0.717, 1.165) is 47.6 Å². The highest BCUT2D eigenvalue weighted by Crippen LogP contribution is 2.46. The number of benzene rings is 1. The first-order chi connectivity index (χ1) is 11.2. The lowest BCUT2D eigenvalue weighted by molar-refractivity contribution is 0.517. The highest BCUT2D eigenvalue weighted by molar-refractivity contribution is 7.98. The number of nitrogens with zero attached hydrogens (tertiary/aromatic N) is 2. The monoisotopic (exact) mass is 344 g/mol. The van der Waals surface area contributed by atoms with Crippen LogP contribution in [0.25, 0.3) is 11.3 Å². The van der Waals surface area contributed by atoms with Crippen molar-refractivity contribution in [2.75, 3.05) is 18.0 Å². The summed E-state index contributed by atoms with van der Waals surface area (Å²) in [5.74, 6) is 1.25. The van der Waals surface area contributed by atoms with E-state index in [9.17, 15) is 10.1 Å². The molecular weight excluding hydrogens is 332 g/mol. The summed E-state index contributed by atoms with van der Waals surface area (Å²) >= 11 is 7.80. The van der Waals surface area contributed by atoms with Gasteiger partial charge in [0, 0.05) is 39.9 Å². The molecule has 0 unspecified atom stereocenters. The first-order valence-corrected chi connectivity index (χ1v) is 8.83. The molecule has 116 valence electrons. The Balaban J connectivity index is 2.02. The van der Waals surface area contributed by atoms with Crippen LogP contribution in [0.2, 0.25) is 5.02 Å². The number of thioether (sulfide) groups is 1. The molecule has 4 nitrogen and oxygen atoms in total. The minimum absolute atomic E-state index is 0.122. The van der Waals surface area contributed by atoms with Crippen LogP contribution in [-0.4, -0.2) is 13.1 Å². The van der Waals surface area contributed by atoms with E-state index >= 15 is 0 Å². The molecule has 1 aromatic heterocycles. The van der Waals surface area contributed by atoms with Crippen LogP contribution in [0.1, 0.15) is 24.0 Å². The van der Waals surface area contributed by atoms with Crippen LogP contribution in [0.3, 0.4) is 0 Å². The predicted molar refractivity (Wildman–Crippen MR) is 91.1 cm³/mol. The smallest absolute Gasteiger partial charge is 0.356 e. The van der Waals surface area contributed by atoms with Crippen molar-refractivity contribution < 1.29 is 4.42 Å². The van der Waals surface area contributed by atoms with Crippen molar-refractivity contribution in [1.29, 1.82) is 5.26 Å². The van der Waals surface area contributed by atoms with Crippen LogP contribution in [0, 0.1) is 11.3 Å². The first-order valence-electron chi connectivity index (χ1n) is 7.47. The molecule has 1 fully saturated rings. The Morgan fingerprint density at radius 3 is 2.83 bits per heavy atom. The Labute approximate surface area is 142 Å². The molecule has 0 aliphatic carbocycles. The molecule has 0 bridgehead atoms. The van der Waals surface area contributed by atoms with Gasteiger partial charge in [0.05, 0.1) is 5.69 Å². The molecule has 2 aromatic rings. The molecule has 4 rings (SSSR count). The number of anilines is 1. The molecule has 0 N–H and O–H groups in total. The molecule has 0 spiro atoms. The van der Waals surface area contributed by atoms with Gasteiger partial charge in [-0.05, 0) is 31.0 Å². The Morgan fingerprint density at radius 2 is 2.09 bits per heavy atom. The third-order valence-corrected chi connectivity index (χ3v) is 5.62. The summed E-state index contributed by atoms with van der Waals surface area (Å²) in [4.78, 5) is 15.5. The molecular formula is C17H13ClN2O2S.